The number of ketones is 1. The van der Waals surface area contributed by atoms with Gasteiger partial charge in [-0.05, 0) is 32.8 Å². The first-order valence-corrected chi connectivity index (χ1v) is 3.87. The van der Waals surface area contributed by atoms with Gasteiger partial charge in [0.05, 0.1) is 0 Å². The summed E-state index contributed by atoms with van der Waals surface area (Å²) in [6, 6.07) is 0. The van der Waals surface area contributed by atoms with Gasteiger partial charge in [0.2, 0.25) is 0 Å². The zero-order valence-corrected chi connectivity index (χ0v) is 7.82. The molecule has 0 atom stereocenters. The quantitative estimate of drug-likeness (QED) is 0.449. The van der Waals surface area contributed by atoms with E-state index in [1.165, 1.54) is 0 Å². The third-order valence-electron chi connectivity index (χ3n) is 1.74. The molecule has 0 saturated heterocycles. The van der Waals surface area contributed by atoms with Gasteiger partial charge in [0.25, 0.3) is 0 Å². The van der Waals surface area contributed by atoms with Gasteiger partial charge in [-0.3, -0.25) is 4.79 Å². The lowest BCUT2D eigenvalue weighted by Crippen LogP contribution is -2.00. The fourth-order valence-electron chi connectivity index (χ4n) is 1.14. The van der Waals surface area contributed by atoms with Gasteiger partial charge in [0, 0.05) is 5.57 Å². The van der Waals surface area contributed by atoms with Gasteiger partial charge in [0.1, 0.15) is 0 Å². The molecule has 0 aromatic carbocycles. The number of carbonyl (C=O) groups is 1. The van der Waals surface area contributed by atoms with Crippen molar-refractivity contribution in [2.45, 2.75) is 34.1 Å². The van der Waals surface area contributed by atoms with Crippen LogP contribution in [0, 0.1) is 0 Å². The predicted octanol–water partition coefficient (Wildman–Crippen LogP) is 2.88. The summed E-state index contributed by atoms with van der Waals surface area (Å²) in [5, 5.41) is 0. The molecule has 0 bridgehead atoms. The van der Waals surface area contributed by atoms with Crippen LogP contribution < -0.4 is 0 Å². The zero-order chi connectivity index (χ0) is 9.02. The Morgan fingerprint density at radius 2 is 1.73 bits per heavy atom. The number of rotatable bonds is 3. The van der Waals surface area contributed by atoms with Gasteiger partial charge in [-0.1, -0.05) is 19.1 Å². The highest BCUT2D eigenvalue weighted by Crippen LogP contribution is 2.15. The van der Waals surface area contributed by atoms with Crippen molar-refractivity contribution in [3.05, 3.63) is 23.3 Å². The molecule has 0 aromatic heterocycles. The van der Waals surface area contributed by atoms with Gasteiger partial charge >= 0.3 is 0 Å². The Labute approximate surface area is 68.8 Å². The summed E-state index contributed by atoms with van der Waals surface area (Å²) in [7, 11) is 0. The Morgan fingerprint density at radius 1 is 1.27 bits per heavy atom. The van der Waals surface area contributed by atoms with Crippen LogP contribution in [-0.2, 0) is 4.79 Å². The molecule has 0 aliphatic rings. The zero-order valence-electron chi connectivity index (χ0n) is 7.82. The fourth-order valence-corrected chi connectivity index (χ4v) is 1.14. The summed E-state index contributed by atoms with van der Waals surface area (Å²) in [5.41, 5.74) is 2.81. The van der Waals surface area contributed by atoms with Crippen LogP contribution in [0.1, 0.15) is 34.1 Å². The topological polar surface area (TPSA) is 17.1 Å². The van der Waals surface area contributed by atoms with E-state index in [2.05, 4.69) is 6.58 Å². The van der Waals surface area contributed by atoms with Crippen LogP contribution in [0.15, 0.2) is 23.3 Å². The standard InChI is InChI=1S/C10H16O/c1-6-8(4)10(7(2)3)9(5)11/h2,6H2,1,3-5H3/b10-8+. The van der Waals surface area contributed by atoms with E-state index in [0.29, 0.717) is 0 Å². The molecule has 0 radical (unpaired) electrons. The van der Waals surface area contributed by atoms with Crippen LogP contribution in [-0.4, -0.2) is 5.78 Å². The molecule has 1 heteroatoms. The van der Waals surface area contributed by atoms with Crippen LogP contribution in [0.5, 0.6) is 0 Å². The Balaban J connectivity index is 4.88. The maximum Gasteiger partial charge on any atom is 0.159 e. The first kappa shape index (κ1) is 10.2. The van der Waals surface area contributed by atoms with Crippen molar-refractivity contribution in [2.75, 3.05) is 0 Å². The smallest absolute Gasteiger partial charge is 0.159 e. The molecule has 0 fully saturated rings. The molecule has 0 spiro atoms. The van der Waals surface area contributed by atoms with Crippen molar-refractivity contribution in [3.63, 3.8) is 0 Å². The second kappa shape index (κ2) is 4.12. The van der Waals surface area contributed by atoms with Gasteiger partial charge in [-0.2, -0.15) is 0 Å². The van der Waals surface area contributed by atoms with E-state index in [1.807, 2.05) is 20.8 Å². The van der Waals surface area contributed by atoms with Gasteiger partial charge < -0.3 is 0 Å². The Hall–Kier alpha value is -0.850. The summed E-state index contributed by atoms with van der Waals surface area (Å²) in [6.45, 7) is 11.2. The molecule has 0 unspecified atom stereocenters. The molecule has 11 heavy (non-hydrogen) atoms. The lowest BCUT2D eigenvalue weighted by molar-refractivity contribution is -0.113. The van der Waals surface area contributed by atoms with E-state index in [9.17, 15) is 4.79 Å². The summed E-state index contributed by atoms with van der Waals surface area (Å²) < 4.78 is 0. The lowest BCUT2D eigenvalue weighted by Gasteiger charge is -2.06. The molecule has 0 N–H and O–H groups in total. The average Bonchev–Trinajstić information content (AvgIpc) is 1.85. The fraction of sp³-hybridized carbons (Fsp3) is 0.500. The van der Waals surface area contributed by atoms with Crippen LogP contribution in [0.4, 0.5) is 0 Å². The van der Waals surface area contributed by atoms with Crippen molar-refractivity contribution in [1.82, 2.24) is 0 Å². The molecule has 0 aromatic rings. The van der Waals surface area contributed by atoms with Crippen molar-refractivity contribution in [3.8, 4) is 0 Å². The molecule has 62 valence electrons. The Kier molecular flexibility index (Phi) is 3.80. The van der Waals surface area contributed by atoms with Crippen LogP contribution in [0.3, 0.4) is 0 Å². The highest BCUT2D eigenvalue weighted by atomic mass is 16.1. The lowest BCUT2D eigenvalue weighted by atomic mass is 9.98. The number of carbonyl (C=O) groups excluding carboxylic acids is 1. The second-order valence-electron chi connectivity index (χ2n) is 2.85. The van der Waals surface area contributed by atoms with E-state index < -0.39 is 0 Å². The summed E-state index contributed by atoms with van der Waals surface area (Å²) in [4.78, 5) is 11.1. The SMILES string of the molecule is C=C(C)/C(C(C)=O)=C(/C)CC. The Morgan fingerprint density at radius 3 is 1.82 bits per heavy atom. The van der Waals surface area contributed by atoms with E-state index in [1.54, 1.807) is 6.92 Å². The molecule has 0 aliphatic carbocycles. The summed E-state index contributed by atoms with van der Waals surface area (Å²) in [6.07, 6.45) is 0.918. The average molecular weight is 152 g/mol. The minimum Gasteiger partial charge on any atom is -0.295 e. The molecule has 1 nitrogen and oxygen atoms in total. The van der Waals surface area contributed by atoms with Gasteiger partial charge in [-0.25, -0.2) is 0 Å². The molecule has 0 rings (SSSR count). The minimum atomic E-state index is 0.122. The first-order valence-electron chi connectivity index (χ1n) is 3.87. The number of hydrogen-bond acceptors (Lipinski definition) is 1. The van der Waals surface area contributed by atoms with E-state index in [4.69, 9.17) is 0 Å². The second-order valence-corrected chi connectivity index (χ2v) is 2.85. The molecule has 0 saturated carbocycles. The number of allylic oxidation sites excluding steroid dienone is 3. The summed E-state index contributed by atoms with van der Waals surface area (Å²) >= 11 is 0. The summed E-state index contributed by atoms with van der Waals surface area (Å²) in [5.74, 6) is 0.122. The Bertz CT molecular complexity index is 193. The largest absolute Gasteiger partial charge is 0.295 e. The van der Waals surface area contributed by atoms with Crippen LogP contribution in [0.25, 0.3) is 0 Å². The van der Waals surface area contributed by atoms with Crippen LogP contribution >= 0.6 is 0 Å². The maximum absolute atomic E-state index is 11.1. The number of hydrogen-bond donors (Lipinski definition) is 0. The maximum atomic E-state index is 11.1. The third-order valence-corrected chi connectivity index (χ3v) is 1.74. The predicted molar refractivity (Wildman–Crippen MR) is 48.5 cm³/mol. The van der Waals surface area contributed by atoms with E-state index >= 15 is 0 Å². The highest BCUT2D eigenvalue weighted by molar-refractivity contribution is 5.98. The van der Waals surface area contributed by atoms with Gasteiger partial charge in [0.15, 0.2) is 5.78 Å². The van der Waals surface area contributed by atoms with Crippen molar-refractivity contribution >= 4 is 5.78 Å². The molecular weight excluding hydrogens is 136 g/mol. The van der Waals surface area contributed by atoms with E-state index in [0.717, 1.165) is 23.1 Å². The third kappa shape index (κ3) is 2.71. The molecule has 0 heterocycles. The van der Waals surface area contributed by atoms with Crippen molar-refractivity contribution in [2.24, 2.45) is 0 Å². The number of Topliss-reactive ketones (excluding diaryl/α,β-unsaturated/α-hetero) is 1. The molecule has 0 amide bonds. The van der Waals surface area contributed by atoms with Crippen molar-refractivity contribution < 1.29 is 4.79 Å². The first-order chi connectivity index (χ1) is 5.00. The monoisotopic (exact) mass is 152 g/mol. The van der Waals surface area contributed by atoms with Crippen LogP contribution in [0.2, 0.25) is 0 Å². The highest BCUT2D eigenvalue weighted by Gasteiger charge is 2.06. The van der Waals surface area contributed by atoms with Crippen molar-refractivity contribution in [1.29, 1.82) is 0 Å². The molecular formula is C10H16O. The normalized spacial score (nSPS) is 12.4. The minimum absolute atomic E-state index is 0.122. The van der Waals surface area contributed by atoms with E-state index in [-0.39, 0.29) is 5.78 Å². The molecule has 0 aliphatic heterocycles. The van der Waals surface area contributed by atoms with Gasteiger partial charge in [-0.15, -0.1) is 0 Å².